The molecule has 0 aliphatic heterocycles. The maximum Gasteiger partial charge on any atom is 0.275 e. The smallest absolute Gasteiger partial charge is 0.275 e. The Bertz CT molecular complexity index is 1060. The number of amides is 1. The van der Waals surface area contributed by atoms with Crippen molar-refractivity contribution < 1.29 is 4.79 Å². The summed E-state index contributed by atoms with van der Waals surface area (Å²) < 4.78 is 3.08. The number of carbonyl (C=O) groups excluding carboxylic acids is 1. The first-order chi connectivity index (χ1) is 13.5. The number of fused-ring (bicyclic) bond motifs is 1. The van der Waals surface area contributed by atoms with Gasteiger partial charge in [0.15, 0.2) is 5.82 Å². The average molecular weight is 379 g/mol. The van der Waals surface area contributed by atoms with Gasteiger partial charge in [-0.05, 0) is 38.8 Å². The second-order valence-corrected chi connectivity index (χ2v) is 7.64. The molecule has 3 aromatic rings. The molecule has 0 saturated heterocycles. The second-order valence-electron chi connectivity index (χ2n) is 7.64. The van der Waals surface area contributed by atoms with E-state index >= 15 is 0 Å². The summed E-state index contributed by atoms with van der Waals surface area (Å²) in [6.45, 7) is 3.89. The van der Waals surface area contributed by atoms with E-state index in [2.05, 4.69) is 15.4 Å². The maximum atomic E-state index is 12.6. The van der Waals surface area contributed by atoms with Crippen molar-refractivity contribution in [2.75, 3.05) is 5.32 Å². The topological polar surface area (TPSA) is 81.3 Å². The van der Waals surface area contributed by atoms with Gasteiger partial charge >= 0.3 is 0 Å². The van der Waals surface area contributed by atoms with Crippen molar-refractivity contribution in [2.45, 2.75) is 58.4 Å². The predicted octanol–water partition coefficient (Wildman–Crippen LogP) is 3.19. The number of benzene rings is 1. The molecule has 4 rings (SSSR count). The van der Waals surface area contributed by atoms with Crippen molar-refractivity contribution >= 4 is 17.4 Å². The van der Waals surface area contributed by atoms with E-state index in [0.717, 1.165) is 29.9 Å². The minimum Gasteiger partial charge on any atom is -0.325 e. The van der Waals surface area contributed by atoms with Crippen molar-refractivity contribution in [3.05, 3.63) is 57.8 Å². The molecular formula is C21H25N5O2. The number of nitrogens with one attached hydrogen (secondary N) is 1. The van der Waals surface area contributed by atoms with Crippen LogP contribution in [-0.2, 0) is 11.3 Å². The highest BCUT2D eigenvalue weighted by Crippen LogP contribution is 2.30. The van der Waals surface area contributed by atoms with Crippen molar-refractivity contribution in [3.8, 4) is 0 Å². The number of hydrogen-bond donors (Lipinski definition) is 1. The first-order valence-corrected chi connectivity index (χ1v) is 9.85. The quantitative estimate of drug-likeness (QED) is 0.755. The van der Waals surface area contributed by atoms with Crippen molar-refractivity contribution in [1.82, 2.24) is 19.2 Å². The standard InChI is InChI=1S/C21H25N5O2/c1-14-8-10-17(11-9-14)22-18(27)13-25-15(2)12-19(28)26-21(25)23-20(24-26)16-6-4-3-5-7-16/h8-12,16H,3-7,13H2,1-2H3,(H,22,27). The number of nitrogens with zero attached hydrogens (tertiary/aromatic N) is 4. The lowest BCUT2D eigenvalue weighted by Gasteiger charge is -2.17. The molecule has 0 radical (unpaired) electrons. The molecule has 0 unspecified atom stereocenters. The molecule has 7 nitrogen and oxygen atoms in total. The minimum absolute atomic E-state index is 0.0757. The van der Waals surface area contributed by atoms with Crippen LogP contribution in [0.4, 0.5) is 5.69 Å². The van der Waals surface area contributed by atoms with E-state index in [1.807, 2.05) is 38.1 Å². The summed E-state index contributed by atoms with van der Waals surface area (Å²) in [5.74, 6) is 1.28. The molecule has 0 atom stereocenters. The Labute approximate surface area is 163 Å². The molecule has 1 aliphatic rings. The van der Waals surface area contributed by atoms with E-state index in [-0.39, 0.29) is 18.0 Å². The van der Waals surface area contributed by atoms with E-state index < -0.39 is 0 Å². The van der Waals surface area contributed by atoms with E-state index in [1.165, 1.54) is 29.8 Å². The summed E-state index contributed by atoms with van der Waals surface area (Å²) in [6, 6.07) is 9.16. The molecule has 28 heavy (non-hydrogen) atoms. The van der Waals surface area contributed by atoms with Crippen molar-refractivity contribution in [2.24, 2.45) is 0 Å². The summed E-state index contributed by atoms with van der Waals surface area (Å²) in [6.07, 6.45) is 5.69. The fraction of sp³-hybridized carbons (Fsp3) is 0.429. The van der Waals surface area contributed by atoms with Gasteiger partial charge < -0.3 is 9.88 Å². The van der Waals surface area contributed by atoms with Crippen LogP contribution in [0.25, 0.3) is 5.78 Å². The van der Waals surface area contributed by atoms with Gasteiger partial charge in [-0.2, -0.15) is 9.50 Å². The SMILES string of the molecule is Cc1ccc(NC(=O)Cn2c(C)cc(=O)n3nc(C4CCCCC4)nc23)cc1. The second kappa shape index (κ2) is 7.58. The Balaban J connectivity index is 1.63. The molecular weight excluding hydrogens is 354 g/mol. The molecule has 2 aromatic heterocycles. The molecule has 2 heterocycles. The molecule has 0 spiro atoms. The maximum absolute atomic E-state index is 12.6. The van der Waals surface area contributed by atoms with E-state index in [4.69, 9.17) is 0 Å². The van der Waals surface area contributed by atoms with Gasteiger partial charge in [-0.25, -0.2) is 0 Å². The molecule has 0 bridgehead atoms. The summed E-state index contributed by atoms with van der Waals surface area (Å²) in [5.41, 5.74) is 2.36. The Hall–Kier alpha value is -2.96. The highest BCUT2D eigenvalue weighted by atomic mass is 16.2. The van der Waals surface area contributed by atoms with Gasteiger partial charge in [0, 0.05) is 23.4 Å². The zero-order valence-electron chi connectivity index (χ0n) is 16.3. The number of anilines is 1. The number of aryl methyl sites for hydroxylation is 2. The van der Waals surface area contributed by atoms with Crippen molar-refractivity contribution in [3.63, 3.8) is 0 Å². The van der Waals surface area contributed by atoms with Gasteiger partial charge in [0.2, 0.25) is 11.7 Å². The van der Waals surface area contributed by atoms with Crippen LogP contribution in [0.5, 0.6) is 0 Å². The van der Waals surface area contributed by atoms with Crippen LogP contribution < -0.4 is 10.9 Å². The lowest BCUT2D eigenvalue weighted by atomic mass is 9.89. The molecule has 1 N–H and O–H groups in total. The van der Waals surface area contributed by atoms with Crippen LogP contribution in [-0.4, -0.2) is 25.1 Å². The normalized spacial score (nSPS) is 15.1. The Morgan fingerprint density at radius 1 is 1.14 bits per heavy atom. The average Bonchev–Trinajstić information content (AvgIpc) is 3.14. The summed E-state index contributed by atoms with van der Waals surface area (Å²) in [7, 11) is 0. The third kappa shape index (κ3) is 3.69. The van der Waals surface area contributed by atoms with Gasteiger partial charge in [0.1, 0.15) is 6.54 Å². The number of carbonyl (C=O) groups is 1. The van der Waals surface area contributed by atoms with Gasteiger partial charge in [0.25, 0.3) is 5.56 Å². The first-order valence-electron chi connectivity index (χ1n) is 9.85. The molecule has 7 heteroatoms. The lowest BCUT2D eigenvalue weighted by Crippen LogP contribution is -2.25. The largest absolute Gasteiger partial charge is 0.325 e. The van der Waals surface area contributed by atoms with Gasteiger partial charge in [0.05, 0.1) is 0 Å². The van der Waals surface area contributed by atoms with Gasteiger partial charge in [-0.15, -0.1) is 5.10 Å². The minimum atomic E-state index is -0.211. The predicted molar refractivity (Wildman–Crippen MR) is 108 cm³/mol. The first kappa shape index (κ1) is 18.4. The Kier molecular flexibility index (Phi) is 4.98. The van der Waals surface area contributed by atoms with Crippen LogP contribution in [0.1, 0.15) is 55.1 Å². The van der Waals surface area contributed by atoms with E-state index in [0.29, 0.717) is 17.4 Å². The highest BCUT2D eigenvalue weighted by molar-refractivity contribution is 5.90. The number of rotatable bonds is 4. The zero-order valence-corrected chi connectivity index (χ0v) is 16.3. The summed E-state index contributed by atoms with van der Waals surface area (Å²) >= 11 is 0. The lowest BCUT2D eigenvalue weighted by molar-refractivity contribution is -0.116. The van der Waals surface area contributed by atoms with Gasteiger partial charge in [-0.1, -0.05) is 37.0 Å². The number of hydrogen-bond acceptors (Lipinski definition) is 4. The van der Waals surface area contributed by atoms with Crippen LogP contribution in [0.15, 0.2) is 35.1 Å². The molecule has 1 amide bonds. The molecule has 1 fully saturated rings. The summed E-state index contributed by atoms with van der Waals surface area (Å²) in [5, 5.41) is 7.38. The van der Waals surface area contributed by atoms with Crippen LogP contribution in [0, 0.1) is 13.8 Å². The van der Waals surface area contributed by atoms with E-state index in [1.54, 1.807) is 4.57 Å². The van der Waals surface area contributed by atoms with Crippen molar-refractivity contribution in [1.29, 1.82) is 0 Å². The fourth-order valence-corrected chi connectivity index (χ4v) is 3.83. The monoisotopic (exact) mass is 379 g/mol. The van der Waals surface area contributed by atoms with Crippen LogP contribution in [0.2, 0.25) is 0 Å². The van der Waals surface area contributed by atoms with Crippen LogP contribution in [0.3, 0.4) is 0 Å². The molecule has 1 aromatic carbocycles. The third-order valence-electron chi connectivity index (χ3n) is 5.42. The highest BCUT2D eigenvalue weighted by Gasteiger charge is 2.22. The molecule has 1 aliphatic carbocycles. The number of aromatic nitrogens is 4. The van der Waals surface area contributed by atoms with E-state index in [9.17, 15) is 9.59 Å². The van der Waals surface area contributed by atoms with Gasteiger partial charge in [-0.3, -0.25) is 9.59 Å². The molecule has 1 saturated carbocycles. The zero-order chi connectivity index (χ0) is 19.7. The molecule has 146 valence electrons. The fourth-order valence-electron chi connectivity index (χ4n) is 3.83. The summed E-state index contributed by atoms with van der Waals surface area (Å²) in [4.78, 5) is 29.7. The van der Waals surface area contributed by atoms with Crippen LogP contribution >= 0.6 is 0 Å². The Morgan fingerprint density at radius 2 is 1.86 bits per heavy atom. The third-order valence-corrected chi connectivity index (χ3v) is 5.42. The Morgan fingerprint density at radius 3 is 2.57 bits per heavy atom.